The van der Waals surface area contributed by atoms with Crippen molar-refractivity contribution >= 4 is 22.5 Å². The molecule has 1 aliphatic carbocycles. The second-order valence-corrected chi connectivity index (χ2v) is 10.5. The zero-order chi connectivity index (χ0) is 26.4. The second kappa shape index (κ2) is 9.72. The van der Waals surface area contributed by atoms with Crippen LogP contribution in [-0.2, 0) is 17.8 Å². The highest BCUT2D eigenvalue weighted by Crippen LogP contribution is 2.41. The molecule has 0 radical (unpaired) electrons. The summed E-state index contributed by atoms with van der Waals surface area (Å²) in [4.78, 5) is 32.1. The summed E-state index contributed by atoms with van der Waals surface area (Å²) < 4.78 is 1.78. The topological polar surface area (TPSA) is 87.5 Å². The molecule has 2 aromatic heterocycles. The zero-order valence-electron chi connectivity index (χ0n) is 21.8. The van der Waals surface area contributed by atoms with Gasteiger partial charge in [0.2, 0.25) is 5.91 Å². The molecule has 2 N–H and O–H groups in total. The Morgan fingerprint density at radius 1 is 1.11 bits per heavy atom. The van der Waals surface area contributed by atoms with Gasteiger partial charge in [0.1, 0.15) is 5.82 Å². The molecule has 4 aromatic rings. The van der Waals surface area contributed by atoms with Gasteiger partial charge in [0.05, 0.1) is 12.3 Å². The third-order valence-electron chi connectivity index (χ3n) is 7.94. The molecular formula is C31H32N4O3. The first-order chi connectivity index (χ1) is 18.5. The maximum absolute atomic E-state index is 14.1. The predicted molar refractivity (Wildman–Crippen MR) is 150 cm³/mol. The lowest BCUT2D eigenvalue weighted by atomic mass is 9.92. The standard InChI is InChI=1S/C31H32N4O3/c1-19(37)34-16-20(17-34)12-25-14-24-13-22(21-6-7-21)8-9-27(24)31(38)35(25)29-5-3-4-26(28(29)18-36)23-10-11-33-30(15-23)32-2/h3-5,8-11,13-15,20-21,36H,6-7,12,16-18H2,1-2H3,(H,32,33). The molecule has 1 aliphatic heterocycles. The zero-order valence-corrected chi connectivity index (χ0v) is 21.8. The first kappa shape index (κ1) is 24.4. The van der Waals surface area contributed by atoms with E-state index in [1.54, 1.807) is 17.7 Å². The molecule has 6 rings (SSSR count). The van der Waals surface area contributed by atoms with Crippen LogP contribution < -0.4 is 10.9 Å². The number of hydrogen-bond acceptors (Lipinski definition) is 5. The van der Waals surface area contributed by atoms with Gasteiger partial charge in [-0.2, -0.15) is 0 Å². The lowest BCUT2D eigenvalue weighted by Crippen LogP contribution is -2.50. The van der Waals surface area contributed by atoms with Crippen LogP contribution in [0.4, 0.5) is 5.82 Å². The van der Waals surface area contributed by atoms with Gasteiger partial charge in [-0.3, -0.25) is 14.2 Å². The van der Waals surface area contributed by atoms with E-state index in [9.17, 15) is 14.7 Å². The average molecular weight is 509 g/mol. The number of rotatable bonds is 7. The first-order valence-electron chi connectivity index (χ1n) is 13.3. The average Bonchev–Trinajstić information content (AvgIpc) is 3.75. The summed E-state index contributed by atoms with van der Waals surface area (Å²) in [6, 6.07) is 18.0. The Morgan fingerprint density at radius 2 is 1.92 bits per heavy atom. The summed E-state index contributed by atoms with van der Waals surface area (Å²) in [5.74, 6) is 1.70. The van der Waals surface area contributed by atoms with Crippen molar-refractivity contribution in [3.8, 4) is 16.8 Å². The van der Waals surface area contributed by atoms with Crippen molar-refractivity contribution in [3.05, 3.63) is 88.0 Å². The van der Waals surface area contributed by atoms with E-state index in [0.717, 1.165) is 28.0 Å². The van der Waals surface area contributed by atoms with Crippen molar-refractivity contribution in [1.82, 2.24) is 14.5 Å². The molecule has 0 unspecified atom stereocenters. The molecule has 0 bridgehead atoms. The van der Waals surface area contributed by atoms with E-state index in [-0.39, 0.29) is 24.0 Å². The van der Waals surface area contributed by atoms with Gasteiger partial charge in [-0.15, -0.1) is 0 Å². The first-order valence-corrected chi connectivity index (χ1v) is 13.3. The van der Waals surface area contributed by atoms with E-state index in [2.05, 4.69) is 28.5 Å². The number of hydrogen-bond donors (Lipinski definition) is 2. The van der Waals surface area contributed by atoms with Crippen LogP contribution >= 0.6 is 0 Å². The molecule has 0 atom stereocenters. The minimum Gasteiger partial charge on any atom is -0.392 e. The van der Waals surface area contributed by atoms with Crippen molar-refractivity contribution in [1.29, 1.82) is 0 Å². The highest BCUT2D eigenvalue weighted by atomic mass is 16.3. The Labute approximate surface area is 221 Å². The Balaban J connectivity index is 1.52. The van der Waals surface area contributed by atoms with Crippen molar-refractivity contribution in [3.63, 3.8) is 0 Å². The lowest BCUT2D eigenvalue weighted by Gasteiger charge is -2.39. The van der Waals surface area contributed by atoms with E-state index in [4.69, 9.17) is 0 Å². The maximum atomic E-state index is 14.1. The largest absolute Gasteiger partial charge is 0.392 e. The summed E-state index contributed by atoms with van der Waals surface area (Å²) >= 11 is 0. The molecule has 1 amide bonds. The molecule has 7 nitrogen and oxygen atoms in total. The molecule has 2 aromatic carbocycles. The highest BCUT2D eigenvalue weighted by molar-refractivity contribution is 5.84. The summed E-state index contributed by atoms with van der Waals surface area (Å²) in [5, 5.41) is 15.3. The van der Waals surface area contributed by atoms with Crippen LogP contribution in [0.15, 0.2) is 65.6 Å². The monoisotopic (exact) mass is 508 g/mol. The fraction of sp³-hybridized carbons (Fsp3) is 0.323. The van der Waals surface area contributed by atoms with Gasteiger partial charge in [0.25, 0.3) is 5.56 Å². The molecule has 1 saturated carbocycles. The van der Waals surface area contributed by atoms with Crippen LogP contribution in [0.2, 0.25) is 0 Å². The third-order valence-corrected chi connectivity index (χ3v) is 7.94. The summed E-state index contributed by atoms with van der Waals surface area (Å²) in [6.45, 7) is 2.77. The number of nitrogens with zero attached hydrogens (tertiary/aromatic N) is 3. The van der Waals surface area contributed by atoms with Crippen LogP contribution in [-0.4, -0.2) is 45.6 Å². The smallest absolute Gasteiger partial charge is 0.263 e. The number of benzene rings is 2. The number of aromatic nitrogens is 2. The number of likely N-dealkylation sites (tertiary alicyclic amines) is 1. The third kappa shape index (κ3) is 4.37. The van der Waals surface area contributed by atoms with Gasteiger partial charge < -0.3 is 15.3 Å². The molecule has 194 valence electrons. The van der Waals surface area contributed by atoms with Gasteiger partial charge >= 0.3 is 0 Å². The van der Waals surface area contributed by atoms with Gasteiger partial charge in [-0.1, -0.05) is 24.3 Å². The van der Waals surface area contributed by atoms with E-state index >= 15 is 0 Å². The van der Waals surface area contributed by atoms with E-state index in [0.29, 0.717) is 42.1 Å². The van der Waals surface area contributed by atoms with Gasteiger partial charge in [0.15, 0.2) is 0 Å². The molecule has 2 aliphatic rings. The number of anilines is 1. The number of aliphatic hydroxyl groups is 1. The minimum atomic E-state index is -0.213. The van der Waals surface area contributed by atoms with Gasteiger partial charge in [-0.25, -0.2) is 4.98 Å². The van der Waals surface area contributed by atoms with E-state index in [1.165, 1.54) is 18.4 Å². The Kier molecular flexibility index (Phi) is 6.24. The van der Waals surface area contributed by atoms with Crippen molar-refractivity contribution in [2.75, 3.05) is 25.5 Å². The number of carbonyl (C=O) groups is 1. The van der Waals surface area contributed by atoms with Crippen LogP contribution in [0.1, 0.15) is 42.5 Å². The van der Waals surface area contributed by atoms with Crippen molar-refractivity contribution in [2.45, 2.75) is 38.7 Å². The molecule has 0 spiro atoms. The van der Waals surface area contributed by atoms with Gasteiger partial charge in [0, 0.05) is 49.9 Å². The molecule has 2 fully saturated rings. The minimum absolute atomic E-state index is 0.0831. The van der Waals surface area contributed by atoms with Crippen LogP contribution in [0.5, 0.6) is 0 Å². The highest BCUT2D eigenvalue weighted by Gasteiger charge is 2.30. The Morgan fingerprint density at radius 3 is 2.63 bits per heavy atom. The SMILES string of the molecule is CNc1cc(-c2cccc(-n3c(CC4CN(C(C)=O)C4)cc4cc(C5CC5)ccc4c3=O)c2CO)ccn1. The van der Waals surface area contributed by atoms with Crippen molar-refractivity contribution in [2.24, 2.45) is 5.92 Å². The quantitative estimate of drug-likeness (QED) is 0.384. The predicted octanol–water partition coefficient (Wildman–Crippen LogP) is 4.48. The number of carbonyl (C=O) groups excluding carboxylic acids is 1. The van der Waals surface area contributed by atoms with Crippen LogP contribution in [0.3, 0.4) is 0 Å². The maximum Gasteiger partial charge on any atom is 0.263 e. The molecule has 7 heteroatoms. The number of nitrogens with one attached hydrogen (secondary N) is 1. The number of fused-ring (bicyclic) bond motifs is 1. The summed E-state index contributed by atoms with van der Waals surface area (Å²) in [5.41, 5.74) is 5.26. The summed E-state index contributed by atoms with van der Waals surface area (Å²) in [7, 11) is 1.82. The van der Waals surface area contributed by atoms with Gasteiger partial charge in [-0.05, 0) is 83.5 Å². The molecule has 3 heterocycles. The second-order valence-electron chi connectivity index (χ2n) is 10.5. The van der Waals surface area contributed by atoms with Crippen LogP contribution in [0, 0.1) is 5.92 Å². The Bertz CT molecular complexity index is 1600. The molecular weight excluding hydrogens is 476 g/mol. The number of pyridine rings is 2. The van der Waals surface area contributed by atoms with E-state index in [1.807, 2.05) is 48.3 Å². The molecule has 38 heavy (non-hydrogen) atoms. The normalized spacial score (nSPS) is 15.5. The van der Waals surface area contributed by atoms with Crippen molar-refractivity contribution < 1.29 is 9.90 Å². The number of aliphatic hydroxyl groups excluding tert-OH is 1. The fourth-order valence-electron chi connectivity index (χ4n) is 5.68. The fourth-order valence-corrected chi connectivity index (χ4v) is 5.68. The Hall–Kier alpha value is -3.97. The van der Waals surface area contributed by atoms with Crippen LogP contribution in [0.25, 0.3) is 27.6 Å². The number of amides is 1. The summed E-state index contributed by atoms with van der Waals surface area (Å²) in [6.07, 6.45) is 4.82. The molecule has 1 saturated heterocycles. The van der Waals surface area contributed by atoms with E-state index < -0.39 is 0 Å². The lowest BCUT2D eigenvalue weighted by molar-refractivity contribution is -0.135.